The lowest BCUT2D eigenvalue weighted by atomic mass is 10.0. The predicted molar refractivity (Wildman–Crippen MR) is 68.3 cm³/mol. The van der Waals surface area contributed by atoms with Gasteiger partial charge in [-0.15, -0.1) is 0 Å². The summed E-state index contributed by atoms with van der Waals surface area (Å²) in [6, 6.07) is 7.82. The Balaban J connectivity index is 1.95. The summed E-state index contributed by atoms with van der Waals surface area (Å²) in [4.78, 5) is 28.5. The second kappa shape index (κ2) is 4.68. The number of oxazole rings is 1. The van der Waals surface area contributed by atoms with E-state index in [9.17, 15) is 9.59 Å². The number of fused-ring (bicyclic) bond motifs is 1. The third kappa shape index (κ3) is 2.03. The minimum atomic E-state index is -0.232. The number of aldehydes is 1. The zero-order valence-corrected chi connectivity index (χ0v) is 10.2. The smallest absolute Gasteiger partial charge is 0.280 e. The van der Waals surface area contributed by atoms with Crippen LogP contribution in [0.3, 0.4) is 0 Å². The lowest BCUT2D eigenvalue weighted by molar-refractivity contribution is 0.0980. The standard InChI is InChI=1S/C14H12N2O3/c17-8-13-15-11(9-19-13)14(18)16-7-3-5-10-4-1-2-6-12(10)16/h1-2,4,6,8-9H,3,5,7H2. The van der Waals surface area contributed by atoms with Crippen LogP contribution in [-0.4, -0.2) is 23.7 Å². The van der Waals surface area contributed by atoms with E-state index in [-0.39, 0.29) is 17.5 Å². The zero-order valence-electron chi connectivity index (χ0n) is 10.2. The number of rotatable bonds is 2. The number of hydrogen-bond donors (Lipinski definition) is 0. The Morgan fingerprint density at radius 2 is 2.21 bits per heavy atom. The molecule has 0 saturated carbocycles. The van der Waals surface area contributed by atoms with Crippen LogP contribution in [0, 0.1) is 0 Å². The van der Waals surface area contributed by atoms with Crippen LogP contribution in [0.2, 0.25) is 0 Å². The Hall–Kier alpha value is -2.43. The lowest BCUT2D eigenvalue weighted by Gasteiger charge is -2.28. The molecule has 1 aromatic carbocycles. The zero-order chi connectivity index (χ0) is 13.2. The van der Waals surface area contributed by atoms with E-state index in [1.165, 1.54) is 6.26 Å². The lowest BCUT2D eigenvalue weighted by Crippen LogP contribution is -2.35. The Labute approximate surface area is 109 Å². The summed E-state index contributed by atoms with van der Waals surface area (Å²) in [6.07, 6.45) is 3.60. The van der Waals surface area contributed by atoms with Crippen LogP contribution in [-0.2, 0) is 6.42 Å². The van der Waals surface area contributed by atoms with E-state index in [4.69, 9.17) is 4.42 Å². The molecule has 0 atom stereocenters. The largest absolute Gasteiger partial charge is 0.442 e. The van der Waals surface area contributed by atoms with Gasteiger partial charge < -0.3 is 9.32 Å². The van der Waals surface area contributed by atoms with Gasteiger partial charge in [0.2, 0.25) is 6.29 Å². The predicted octanol–water partition coefficient (Wildman–Crippen LogP) is 2.08. The number of aryl methyl sites for hydroxylation is 1. The second-order valence-electron chi connectivity index (χ2n) is 4.38. The third-order valence-electron chi connectivity index (χ3n) is 3.20. The van der Waals surface area contributed by atoms with Crippen molar-refractivity contribution < 1.29 is 14.0 Å². The molecule has 0 unspecified atom stereocenters. The molecule has 1 aliphatic rings. The Bertz CT molecular complexity index is 633. The highest BCUT2D eigenvalue weighted by Gasteiger charge is 2.25. The molecule has 1 aromatic heterocycles. The van der Waals surface area contributed by atoms with E-state index in [1.54, 1.807) is 4.90 Å². The van der Waals surface area contributed by atoms with Gasteiger partial charge in [-0.3, -0.25) is 9.59 Å². The summed E-state index contributed by atoms with van der Waals surface area (Å²) in [5.41, 5.74) is 2.23. The highest BCUT2D eigenvalue weighted by atomic mass is 16.3. The minimum Gasteiger partial charge on any atom is -0.442 e. The number of para-hydroxylation sites is 1. The third-order valence-corrected chi connectivity index (χ3v) is 3.20. The van der Waals surface area contributed by atoms with E-state index in [1.807, 2.05) is 24.3 Å². The van der Waals surface area contributed by atoms with Gasteiger partial charge in [0.05, 0.1) is 0 Å². The number of aromatic nitrogens is 1. The number of hydrogen-bond acceptors (Lipinski definition) is 4. The van der Waals surface area contributed by atoms with Crippen molar-refractivity contribution in [1.82, 2.24) is 4.98 Å². The van der Waals surface area contributed by atoms with Crippen molar-refractivity contribution in [2.75, 3.05) is 11.4 Å². The second-order valence-corrected chi connectivity index (χ2v) is 4.38. The number of carbonyl (C=O) groups is 2. The van der Waals surface area contributed by atoms with Crippen LogP contribution in [0.25, 0.3) is 0 Å². The van der Waals surface area contributed by atoms with Gasteiger partial charge in [0.25, 0.3) is 11.8 Å². The van der Waals surface area contributed by atoms with Crippen molar-refractivity contribution in [3.8, 4) is 0 Å². The van der Waals surface area contributed by atoms with Crippen molar-refractivity contribution in [3.63, 3.8) is 0 Å². The molecule has 96 valence electrons. The van der Waals surface area contributed by atoms with Gasteiger partial charge in [0.1, 0.15) is 6.26 Å². The Morgan fingerprint density at radius 1 is 1.37 bits per heavy atom. The highest BCUT2D eigenvalue weighted by Crippen LogP contribution is 2.27. The summed E-state index contributed by atoms with van der Waals surface area (Å²) in [5, 5.41) is 0. The molecule has 0 N–H and O–H groups in total. The Morgan fingerprint density at radius 3 is 3.00 bits per heavy atom. The molecule has 0 fully saturated rings. The van der Waals surface area contributed by atoms with E-state index in [0.717, 1.165) is 24.1 Å². The van der Waals surface area contributed by atoms with Gasteiger partial charge >= 0.3 is 0 Å². The summed E-state index contributed by atoms with van der Waals surface area (Å²) < 4.78 is 4.89. The molecule has 1 amide bonds. The molecule has 2 aromatic rings. The first kappa shape index (κ1) is 11.6. The van der Waals surface area contributed by atoms with Crippen molar-refractivity contribution in [2.24, 2.45) is 0 Å². The van der Waals surface area contributed by atoms with Crippen LogP contribution in [0.5, 0.6) is 0 Å². The summed E-state index contributed by atoms with van der Waals surface area (Å²) in [7, 11) is 0. The fourth-order valence-corrected chi connectivity index (χ4v) is 2.32. The van der Waals surface area contributed by atoms with Crippen molar-refractivity contribution in [3.05, 3.63) is 47.7 Å². The highest BCUT2D eigenvalue weighted by molar-refractivity contribution is 6.05. The van der Waals surface area contributed by atoms with Crippen LogP contribution in [0.15, 0.2) is 34.9 Å². The maximum atomic E-state index is 12.4. The normalized spacial score (nSPS) is 14.0. The molecular formula is C14H12N2O3. The number of amides is 1. The van der Waals surface area contributed by atoms with Crippen molar-refractivity contribution in [2.45, 2.75) is 12.8 Å². The molecule has 3 rings (SSSR count). The fourth-order valence-electron chi connectivity index (χ4n) is 2.32. The summed E-state index contributed by atoms with van der Waals surface area (Å²) >= 11 is 0. The molecule has 0 saturated heterocycles. The topological polar surface area (TPSA) is 63.4 Å². The van der Waals surface area contributed by atoms with Gasteiger partial charge in [0.15, 0.2) is 5.69 Å². The maximum absolute atomic E-state index is 12.4. The van der Waals surface area contributed by atoms with E-state index in [0.29, 0.717) is 12.8 Å². The minimum absolute atomic E-state index is 0.0753. The summed E-state index contributed by atoms with van der Waals surface area (Å²) in [5.74, 6) is -0.308. The van der Waals surface area contributed by atoms with Crippen molar-refractivity contribution in [1.29, 1.82) is 0 Å². The van der Waals surface area contributed by atoms with Gasteiger partial charge in [0, 0.05) is 12.2 Å². The van der Waals surface area contributed by atoms with E-state index in [2.05, 4.69) is 4.98 Å². The molecule has 5 nitrogen and oxygen atoms in total. The van der Waals surface area contributed by atoms with Gasteiger partial charge in [-0.05, 0) is 24.5 Å². The van der Waals surface area contributed by atoms with Gasteiger partial charge in [-0.25, -0.2) is 4.98 Å². The number of nitrogens with zero attached hydrogens (tertiary/aromatic N) is 2. The molecule has 0 radical (unpaired) electrons. The first-order valence-corrected chi connectivity index (χ1v) is 6.10. The molecule has 1 aliphatic heterocycles. The fraction of sp³-hybridized carbons (Fsp3) is 0.214. The van der Waals surface area contributed by atoms with Crippen LogP contribution >= 0.6 is 0 Å². The SMILES string of the molecule is O=Cc1nc(C(=O)N2CCCc3ccccc32)co1. The number of benzene rings is 1. The van der Waals surface area contributed by atoms with Crippen LogP contribution in [0.1, 0.15) is 33.2 Å². The van der Waals surface area contributed by atoms with Gasteiger partial charge in [-0.2, -0.15) is 0 Å². The molecule has 0 aliphatic carbocycles. The molecular weight excluding hydrogens is 244 g/mol. The quantitative estimate of drug-likeness (QED) is 0.772. The number of anilines is 1. The first-order chi connectivity index (χ1) is 9.29. The van der Waals surface area contributed by atoms with Crippen molar-refractivity contribution >= 4 is 17.9 Å². The van der Waals surface area contributed by atoms with Gasteiger partial charge in [-0.1, -0.05) is 18.2 Å². The molecule has 19 heavy (non-hydrogen) atoms. The molecule has 2 heterocycles. The Kier molecular flexibility index (Phi) is 2.87. The monoisotopic (exact) mass is 256 g/mol. The van der Waals surface area contributed by atoms with E-state index < -0.39 is 0 Å². The molecule has 0 bridgehead atoms. The molecule has 5 heteroatoms. The summed E-state index contributed by atoms with van der Waals surface area (Å²) in [6.45, 7) is 0.652. The first-order valence-electron chi connectivity index (χ1n) is 6.10. The molecule has 0 spiro atoms. The van der Waals surface area contributed by atoms with E-state index >= 15 is 0 Å². The average Bonchev–Trinajstić information content (AvgIpc) is 2.95. The van der Waals surface area contributed by atoms with Crippen LogP contribution < -0.4 is 4.90 Å². The number of carbonyl (C=O) groups excluding carboxylic acids is 2. The maximum Gasteiger partial charge on any atom is 0.280 e. The average molecular weight is 256 g/mol. The van der Waals surface area contributed by atoms with Crippen LogP contribution in [0.4, 0.5) is 5.69 Å².